The molecule has 5 heteroatoms. The zero-order valence-electron chi connectivity index (χ0n) is 7.58. The summed E-state index contributed by atoms with van der Waals surface area (Å²) in [6.07, 6.45) is 0.587. The van der Waals surface area contributed by atoms with Crippen molar-refractivity contribution in [3.05, 3.63) is 0 Å². The summed E-state index contributed by atoms with van der Waals surface area (Å²) in [6, 6.07) is 0. The fourth-order valence-corrected chi connectivity index (χ4v) is 0.438. The molecule has 0 unspecified atom stereocenters. The number of hydrogen-bond acceptors (Lipinski definition) is 2. The van der Waals surface area contributed by atoms with E-state index in [1.54, 1.807) is 0 Å². The Bertz CT molecular complexity index is 142. The molecule has 0 aromatic carbocycles. The SMILES string of the molecule is CC.NC(N)=NCCCC(=O)O. The highest BCUT2D eigenvalue weighted by molar-refractivity contribution is 5.75. The van der Waals surface area contributed by atoms with Gasteiger partial charge in [0.15, 0.2) is 5.96 Å². The van der Waals surface area contributed by atoms with E-state index >= 15 is 0 Å². The Kier molecular flexibility index (Phi) is 10.8. The van der Waals surface area contributed by atoms with Crippen molar-refractivity contribution in [2.24, 2.45) is 16.5 Å². The van der Waals surface area contributed by atoms with Crippen molar-refractivity contribution in [1.82, 2.24) is 0 Å². The molecule has 0 saturated heterocycles. The van der Waals surface area contributed by atoms with Crippen molar-refractivity contribution in [3.8, 4) is 0 Å². The smallest absolute Gasteiger partial charge is 0.303 e. The molecule has 0 amide bonds. The molecule has 0 rings (SSSR count). The molecule has 5 N–H and O–H groups in total. The molecule has 0 aliphatic heterocycles. The third-order valence-corrected chi connectivity index (χ3v) is 0.843. The zero-order valence-corrected chi connectivity index (χ0v) is 7.58. The van der Waals surface area contributed by atoms with Gasteiger partial charge in [-0.2, -0.15) is 0 Å². The van der Waals surface area contributed by atoms with Gasteiger partial charge in [0, 0.05) is 13.0 Å². The van der Waals surface area contributed by atoms with E-state index < -0.39 is 5.97 Å². The summed E-state index contributed by atoms with van der Waals surface area (Å²) >= 11 is 0. The van der Waals surface area contributed by atoms with E-state index in [2.05, 4.69) is 4.99 Å². The van der Waals surface area contributed by atoms with Gasteiger partial charge in [0.1, 0.15) is 0 Å². The lowest BCUT2D eigenvalue weighted by molar-refractivity contribution is -0.137. The van der Waals surface area contributed by atoms with Gasteiger partial charge in [-0.25, -0.2) is 0 Å². The van der Waals surface area contributed by atoms with E-state index in [1.165, 1.54) is 0 Å². The zero-order chi connectivity index (χ0) is 9.98. The van der Waals surface area contributed by atoms with E-state index in [0.29, 0.717) is 13.0 Å². The van der Waals surface area contributed by atoms with Gasteiger partial charge < -0.3 is 16.6 Å². The highest BCUT2D eigenvalue weighted by atomic mass is 16.4. The molecule has 12 heavy (non-hydrogen) atoms. The van der Waals surface area contributed by atoms with E-state index in [1.807, 2.05) is 13.8 Å². The summed E-state index contributed by atoms with van der Waals surface area (Å²) < 4.78 is 0. The Morgan fingerprint density at radius 3 is 2.25 bits per heavy atom. The number of rotatable bonds is 4. The summed E-state index contributed by atoms with van der Waals surface area (Å²) in [5.74, 6) is -0.823. The van der Waals surface area contributed by atoms with E-state index in [9.17, 15) is 4.79 Å². The highest BCUT2D eigenvalue weighted by Gasteiger charge is 1.93. The second kappa shape index (κ2) is 9.74. The van der Waals surface area contributed by atoms with Crippen LogP contribution in [0.4, 0.5) is 0 Å². The molecular weight excluding hydrogens is 158 g/mol. The molecule has 0 atom stereocenters. The average molecular weight is 175 g/mol. The normalized spacial score (nSPS) is 7.83. The van der Waals surface area contributed by atoms with Gasteiger partial charge in [-0.1, -0.05) is 13.8 Å². The summed E-state index contributed by atoms with van der Waals surface area (Å²) in [6.45, 7) is 4.38. The number of hydrogen-bond donors (Lipinski definition) is 3. The Morgan fingerprint density at radius 2 is 1.92 bits per heavy atom. The van der Waals surface area contributed by atoms with Crippen LogP contribution in [0.15, 0.2) is 4.99 Å². The van der Waals surface area contributed by atoms with Gasteiger partial charge in [0.2, 0.25) is 0 Å². The lowest BCUT2D eigenvalue weighted by atomic mass is 10.3. The third-order valence-electron chi connectivity index (χ3n) is 0.843. The van der Waals surface area contributed by atoms with Gasteiger partial charge in [-0.05, 0) is 6.42 Å². The largest absolute Gasteiger partial charge is 0.481 e. The minimum atomic E-state index is -0.828. The van der Waals surface area contributed by atoms with Crippen molar-refractivity contribution in [2.75, 3.05) is 6.54 Å². The molecule has 0 fully saturated rings. The maximum absolute atomic E-state index is 9.93. The molecule has 0 bridgehead atoms. The molecule has 0 spiro atoms. The maximum atomic E-state index is 9.93. The summed E-state index contributed by atoms with van der Waals surface area (Å²) in [5, 5.41) is 8.17. The Morgan fingerprint density at radius 1 is 1.42 bits per heavy atom. The van der Waals surface area contributed by atoms with Crippen molar-refractivity contribution in [2.45, 2.75) is 26.7 Å². The lowest BCUT2D eigenvalue weighted by Gasteiger charge is -1.91. The number of nitrogens with two attached hydrogens (primary N) is 2. The highest BCUT2D eigenvalue weighted by Crippen LogP contribution is 1.87. The first-order chi connectivity index (χ1) is 5.63. The fraction of sp³-hybridized carbons (Fsp3) is 0.714. The first-order valence-electron chi connectivity index (χ1n) is 3.90. The maximum Gasteiger partial charge on any atom is 0.303 e. The molecular formula is C7H17N3O2. The van der Waals surface area contributed by atoms with E-state index in [-0.39, 0.29) is 12.4 Å². The quantitative estimate of drug-likeness (QED) is 0.321. The standard InChI is InChI=1S/C5H11N3O2.C2H6/c6-5(7)8-3-1-2-4(9)10;1-2/h1-3H2,(H,9,10)(H4,6,7,8);1-2H3. The van der Waals surface area contributed by atoms with Crippen LogP contribution in [0.5, 0.6) is 0 Å². The second-order valence-electron chi connectivity index (χ2n) is 1.80. The Balaban J connectivity index is 0. The predicted octanol–water partition coefficient (Wildman–Crippen LogP) is 0.151. The van der Waals surface area contributed by atoms with Crippen LogP contribution in [0, 0.1) is 0 Å². The first-order valence-corrected chi connectivity index (χ1v) is 3.90. The van der Waals surface area contributed by atoms with Crippen molar-refractivity contribution in [3.63, 3.8) is 0 Å². The van der Waals surface area contributed by atoms with E-state index in [4.69, 9.17) is 16.6 Å². The van der Waals surface area contributed by atoms with Crippen LogP contribution >= 0.6 is 0 Å². The van der Waals surface area contributed by atoms with Crippen LogP contribution in [0.2, 0.25) is 0 Å². The van der Waals surface area contributed by atoms with Gasteiger partial charge >= 0.3 is 5.97 Å². The molecule has 0 saturated carbocycles. The lowest BCUT2D eigenvalue weighted by Crippen LogP contribution is -2.23. The van der Waals surface area contributed by atoms with Gasteiger partial charge in [0.25, 0.3) is 0 Å². The van der Waals surface area contributed by atoms with Crippen LogP contribution in [0.25, 0.3) is 0 Å². The number of carboxylic acid groups (broad SMARTS) is 1. The molecule has 72 valence electrons. The number of carboxylic acids is 1. The molecule has 0 aliphatic carbocycles. The number of guanidine groups is 1. The number of aliphatic carboxylic acids is 1. The third kappa shape index (κ3) is 15.9. The molecule has 0 aromatic heterocycles. The van der Waals surface area contributed by atoms with Crippen molar-refractivity contribution in [1.29, 1.82) is 0 Å². The molecule has 0 aliphatic rings. The predicted molar refractivity (Wildman–Crippen MR) is 48.9 cm³/mol. The van der Waals surface area contributed by atoms with Gasteiger partial charge in [-0.15, -0.1) is 0 Å². The summed E-state index contributed by atoms with van der Waals surface area (Å²) in [7, 11) is 0. The van der Waals surface area contributed by atoms with Crippen LogP contribution in [-0.4, -0.2) is 23.6 Å². The Hall–Kier alpha value is -1.26. The topological polar surface area (TPSA) is 102 Å². The van der Waals surface area contributed by atoms with Gasteiger partial charge in [0.05, 0.1) is 0 Å². The van der Waals surface area contributed by atoms with Crippen molar-refractivity contribution < 1.29 is 9.90 Å². The molecule has 0 radical (unpaired) electrons. The fourth-order valence-electron chi connectivity index (χ4n) is 0.438. The minimum Gasteiger partial charge on any atom is -0.481 e. The average Bonchev–Trinajstić information content (AvgIpc) is 2.02. The first kappa shape index (κ1) is 13.3. The summed E-state index contributed by atoms with van der Waals surface area (Å²) in [4.78, 5) is 13.5. The van der Waals surface area contributed by atoms with E-state index in [0.717, 1.165) is 0 Å². The van der Waals surface area contributed by atoms with Crippen molar-refractivity contribution >= 4 is 11.9 Å². The molecule has 5 nitrogen and oxygen atoms in total. The van der Waals surface area contributed by atoms with Crippen LogP contribution in [0.3, 0.4) is 0 Å². The van der Waals surface area contributed by atoms with Crippen LogP contribution in [-0.2, 0) is 4.79 Å². The number of aliphatic imine (C=N–C) groups is 1. The number of carbonyl (C=O) groups is 1. The second-order valence-corrected chi connectivity index (χ2v) is 1.80. The minimum absolute atomic E-state index is 0.00499. The Labute approximate surface area is 72.5 Å². The monoisotopic (exact) mass is 175 g/mol. The summed E-state index contributed by atoms with van der Waals surface area (Å²) in [5.41, 5.74) is 9.98. The molecule has 0 heterocycles. The number of nitrogens with zero attached hydrogens (tertiary/aromatic N) is 1. The van der Waals surface area contributed by atoms with Gasteiger partial charge in [-0.3, -0.25) is 9.79 Å². The van der Waals surface area contributed by atoms with Crippen LogP contribution in [0.1, 0.15) is 26.7 Å². The van der Waals surface area contributed by atoms with Crippen LogP contribution < -0.4 is 11.5 Å². The molecule has 0 aromatic rings.